The topological polar surface area (TPSA) is 40.9 Å². The minimum Gasteiger partial charge on any atom is -0.299 e. The molecule has 0 N–H and O–H groups in total. The predicted molar refractivity (Wildman–Crippen MR) is 61.9 cm³/mol. The number of nitriles is 1. The Kier molecular flexibility index (Phi) is 2.55. The molecular weight excluding hydrogens is 198 g/mol. The average Bonchev–Trinajstić information content (AvgIpc) is 2.35. The van der Waals surface area contributed by atoms with Crippen molar-refractivity contribution in [1.29, 1.82) is 5.26 Å². The standard InChI is InChI=1S/C14H15NO/c1-3-14(2)12(8-13(14)16)11-6-4-10(9-15)5-7-11/h4-7,12H,3,8H2,1-2H3. The fourth-order valence-electron chi connectivity index (χ4n) is 2.43. The van der Waals surface area contributed by atoms with Crippen LogP contribution in [0.25, 0.3) is 0 Å². The summed E-state index contributed by atoms with van der Waals surface area (Å²) < 4.78 is 0. The molecule has 1 aromatic rings. The Balaban J connectivity index is 2.26. The van der Waals surface area contributed by atoms with Gasteiger partial charge in [-0.3, -0.25) is 4.79 Å². The molecule has 82 valence electrons. The van der Waals surface area contributed by atoms with E-state index >= 15 is 0 Å². The molecule has 2 atom stereocenters. The summed E-state index contributed by atoms with van der Waals surface area (Å²) in [6, 6.07) is 9.71. The largest absolute Gasteiger partial charge is 0.299 e. The summed E-state index contributed by atoms with van der Waals surface area (Å²) in [7, 11) is 0. The number of hydrogen-bond donors (Lipinski definition) is 0. The van der Waals surface area contributed by atoms with Gasteiger partial charge in [-0.05, 0) is 24.1 Å². The third kappa shape index (κ3) is 1.44. The number of hydrogen-bond acceptors (Lipinski definition) is 2. The van der Waals surface area contributed by atoms with Crippen molar-refractivity contribution in [2.45, 2.75) is 32.6 Å². The second kappa shape index (κ2) is 3.75. The average molecular weight is 213 g/mol. The molecular formula is C14H15NO. The minimum atomic E-state index is -0.186. The van der Waals surface area contributed by atoms with Crippen molar-refractivity contribution in [3.8, 4) is 6.07 Å². The number of rotatable bonds is 2. The lowest BCUT2D eigenvalue weighted by Crippen LogP contribution is -2.45. The quantitative estimate of drug-likeness (QED) is 0.757. The zero-order valence-corrected chi connectivity index (χ0v) is 9.66. The van der Waals surface area contributed by atoms with E-state index in [1.807, 2.05) is 31.2 Å². The first-order valence-corrected chi connectivity index (χ1v) is 5.65. The van der Waals surface area contributed by atoms with Crippen LogP contribution in [0.1, 0.15) is 43.7 Å². The van der Waals surface area contributed by atoms with E-state index in [-0.39, 0.29) is 5.41 Å². The Bertz CT molecular complexity index is 455. The van der Waals surface area contributed by atoms with E-state index in [1.165, 1.54) is 5.56 Å². The smallest absolute Gasteiger partial charge is 0.140 e. The van der Waals surface area contributed by atoms with Crippen LogP contribution in [0.4, 0.5) is 0 Å². The number of carbonyl (C=O) groups excluding carboxylic acids is 1. The predicted octanol–water partition coefficient (Wildman–Crippen LogP) is 3.03. The van der Waals surface area contributed by atoms with Crippen molar-refractivity contribution in [2.24, 2.45) is 5.41 Å². The van der Waals surface area contributed by atoms with E-state index in [1.54, 1.807) is 0 Å². The van der Waals surface area contributed by atoms with Crippen molar-refractivity contribution in [1.82, 2.24) is 0 Å². The van der Waals surface area contributed by atoms with Gasteiger partial charge in [0, 0.05) is 17.8 Å². The van der Waals surface area contributed by atoms with Crippen LogP contribution in [0.3, 0.4) is 0 Å². The molecule has 1 fully saturated rings. The molecule has 1 saturated carbocycles. The van der Waals surface area contributed by atoms with Crippen LogP contribution < -0.4 is 0 Å². The molecule has 0 saturated heterocycles. The highest BCUT2D eigenvalue weighted by Crippen LogP contribution is 2.51. The number of ketones is 1. The third-order valence-electron chi connectivity index (χ3n) is 3.97. The summed E-state index contributed by atoms with van der Waals surface area (Å²) in [6.07, 6.45) is 1.53. The third-order valence-corrected chi connectivity index (χ3v) is 3.97. The maximum atomic E-state index is 11.6. The maximum absolute atomic E-state index is 11.6. The summed E-state index contributed by atoms with van der Waals surface area (Å²) in [5.74, 6) is 0.696. The van der Waals surface area contributed by atoms with E-state index in [9.17, 15) is 4.79 Å². The molecule has 16 heavy (non-hydrogen) atoms. The van der Waals surface area contributed by atoms with Crippen LogP contribution in [0, 0.1) is 16.7 Å². The van der Waals surface area contributed by atoms with Gasteiger partial charge in [0.05, 0.1) is 11.6 Å². The monoisotopic (exact) mass is 213 g/mol. The van der Waals surface area contributed by atoms with E-state index in [4.69, 9.17) is 5.26 Å². The van der Waals surface area contributed by atoms with E-state index in [2.05, 4.69) is 13.0 Å². The van der Waals surface area contributed by atoms with Gasteiger partial charge in [0.1, 0.15) is 5.78 Å². The Labute approximate surface area is 95.9 Å². The normalized spacial score (nSPS) is 28.3. The summed E-state index contributed by atoms with van der Waals surface area (Å²) in [4.78, 5) is 11.6. The molecule has 2 rings (SSSR count). The van der Waals surface area contributed by atoms with Gasteiger partial charge < -0.3 is 0 Å². The fourth-order valence-corrected chi connectivity index (χ4v) is 2.43. The molecule has 1 aliphatic rings. The van der Waals surface area contributed by atoms with Gasteiger partial charge in [0.25, 0.3) is 0 Å². The van der Waals surface area contributed by atoms with Crippen molar-refractivity contribution >= 4 is 5.78 Å². The summed E-state index contributed by atoms with van der Waals surface area (Å²) in [5.41, 5.74) is 1.67. The number of Topliss-reactive ketones (excluding diaryl/α,β-unsaturated/α-hetero) is 1. The maximum Gasteiger partial charge on any atom is 0.140 e. The van der Waals surface area contributed by atoms with Crippen molar-refractivity contribution in [3.05, 3.63) is 35.4 Å². The molecule has 0 aliphatic heterocycles. The molecule has 0 radical (unpaired) electrons. The molecule has 1 aromatic carbocycles. The van der Waals surface area contributed by atoms with Gasteiger partial charge in [-0.15, -0.1) is 0 Å². The summed E-state index contributed by atoms with van der Waals surface area (Å²) >= 11 is 0. The molecule has 2 nitrogen and oxygen atoms in total. The van der Waals surface area contributed by atoms with Crippen LogP contribution in [-0.2, 0) is 4.79 Å². The zero-order valence-electron chi connectivity index (χ0n) is 9.66. The Morgan fingerprint density at radius 2 is 2.06 bits per heavy atom. The van der Waals surface area contributed by atoms with Gasteiger partial charge in [0.15, 0.2) is 0 Å². The molecule has 0 bridgehead atoms. The summed E-state index contributed by atoms with van der Waals surface area (Å²) in [6.45, 7) is 4.11. The number of nitrogens with zero attached hydrogens (tertiary/aromatic N) is 1. The van der Waals surface area contributed by atoms with Gasteiger partial charge in [-0.2, -0.15) is 5.26 Å². The molecule has 0 aromatic heterocycles. The van der Waals surface area contributed by atoms with E-state index in [0.29, 0.717) is 23.7 Å². The van der Waals surface area contributed by atoms with Gasteiger partial charge in [-0.25, -0.2) is 0 Å². The van der Waals surface area contributed by atoms with E-state index in [0.717, 1.165) is 6.42 Å². The van der Waals surface area contributed by atoms with Crippen molar-refractivity contribution in [2.75, 3.05) is 0 Å². The first-order chi connectivity index (χ1) is 7.61. The fraction of sp³-hybridized carbons (Fsp3) is 0.429. The van der Waals surface area contributed by atoms with Gasteiger partial charge in [0.2, 0.25) is 0 Å². The molecule has 2 heteroatoms. The van der Waals surface area contributed by atoms with Gasteiger partial charge in [-0.1, -0.05) is 26.0 Å². The highest BCUT2D eigenvalue weighted by Gasteiger charge is 2.49. The zero-order chi connectivity index (χ0) is 11.8. The first-order valence-electron chi connectivity index (χ1n) is 5.65. The lowest BCUT2D eigenvalue weighted by molar-refractivity contribution is -0.139. The number of carbonyl (C=O) groups is 1. The lowest BCUT2D eigenvalue weighted by Gasteiger charge is -2.45. The number of benzene rings is 1. The van der Waals surface area contributed by atoms with Crippen LogP contribution in [-0.4, -0.2) is 5.78 Å². The molecule has 0 spiro atoms. The second-order valence-electron chi connectivity index (χ2n) is 4.68. The second-order valence-corrected chi connectivity index (χ2v) is 4.68. The lowest BCUT2D eigenvalue weighted by atomic mass is 9.56. The first kappa shape index (κ1) is 10.9. The van der Waals surface area contributed by atoms with Gasteiger partial charge >= 0.3 is 0 Å². The SMILES string of the molecule is CCC1(C)C(=O)CC1c1ccc(C#N)cc1. The van der Waals surface area contributed by atoms with Crippen LogP contribution in [0.5, 0.6) is 0 Å². The Hall–Kier alpha value is -1.62. The Morgan fingerprint density at radius 1 is 1.44 bits per heavy atom. The van der Waals surface area contributed by atoms with Crippen molar-refractivity contribution < 1.29 is 4.79 Å². The van der Waals surface area contributed by atoms with Crippen LogP contribution in [0.2, 0.25) is 0 Å². The summed E-state index contributed by atoms with van der Waals surface area (Å²) in [5, 5.41) is 8.73. The highest BCUT2D eigenvalue weighted by molar-refractivity contribution is 5.93. The van der Waals surface area contributed by atoms with Crippen LogP contribution in [0.15, 0.2) is 24.3 Å². The molecule has 0 amide bonds. The van der Waals surface area contributed by atoms with E-state index < -0.39 is 0 Å². The van der Waals surface area contributed by atoms with Crippen LogP contribution >= 0.6 is 0 Å². The molecule has 0 heterocycles. The Morgan fingerprint density at radius 3 is 2.50 bits per heavy atom. The highest BCUT2D eigenvalue weighted by atomic mass is 16.1. The van der Waals surface area contributed by atoms with Crippen molar-refractivity contribution in [3.63, 3.8) is 0 Å². The molecule has 1 aliphatic carbocycles. The molecule has 2 unspecified atom stereocenters. The minimum absolute atomic E-state index is 0.186.